The fourth-order valence-electron chi connectivity index (χ4n) is 6.71. The molecule has 1 saturated heterocycles. The van der Waals surface area contributed by atoms with Gasteiger partial charge in [0.2, 0.25) is 5.88 Å². The molecule has 1 amide bonds. The molecule has 3 aromatic heterocycles. The van der Waals surface area contributed by atoms with Gasteiger partial charge in [0.15, 0.2) is 5.79 Å². The summed E-state index contributed by atoms with van der Waals surface area (Å²) in [6.07, 6.45) is 6.15. The number of fused-ring (bicyclic) bond motifs is 1. The van der Waals surface area contributed by atoms with Crippen molar-refractivity contribution in [3.8, 4) is 11.6 Å². The average Bonchev–Trinajstić information content (AvgIpc) is 3.57. The van der Waals surface area contributed by atoms with Crippen molar-refractivity contribution in [3.05, 3.63) is 56.1 Å². The normalized spacial score (nSPS) is 18.3. The van der Waals surface area contributed by atoms with Crippen LogP contribution in [-0.4, -0.2) is 70.1 Å². The number of thiophene rings is 1. The number of hydrogen-bond acceptors (Lipinski definition) is 10. The first kappa shape index (κ1) is 29.6. The number of amides is 1. The van der Waals surface area contributed by atoms with Gasteiger partial charge in [0.25, 0.3) is 5.91 Å². The highest BCUT2D eigenvalue weighted by atomic mass is 32.1. The quantitative estimate of drug-likeness (QED) is 0.404. The zero-order valence-corrected chi connectivity index (χ0v) is 26.2. The Morgan fingerprint density at radius 3 is 2.58 bits per heavy atom. The second-order valence-corrected chi connectivity index (χ2v) is 12.5. The highest BCUT2D eigenvalue weighted by molar-refractivity contribution is 7.16. The summed E-state index contributed by atoms with van der Waals surface area (Å²) >= 11 is 1.75. The molecule has 0 atom stereocenters. The minimum absolute atomic E-state index is 0.00981. The molecule has 1 saturated carbocycles. The van der Waals surface area contributed by atoms with Crippen LogP contribution in [0.5, 0.6) is 5.88 Å². The van der Waals surface area contributed by atoms with Crippen molar-refractivity contribution in [1.82, 2.24) is 19.4 Å². The van der Waals surface area contributed by atoms with Gasteiger partial charge in [-0.3, -0.25) is 9.36 Å². The third-order valence-electron chi connectivity index (χ3n) is 8.78. The number of carbonyl (C=O) groups excluding carboxylic acids is 1. The molecule has 0 aromatic carbocycles. The van der Waals surface area contributed by atoms with E-state index in [2.05, 4.69) is 28.7 Å². The van der Waals surface area contributed by atoms with Crippen LogP contribution in [-0.2, 0) is 22.4 Å². The summed E-state index contributed by atoms with van der Waals surface area (Å²) in [5, 5.41) is 1.18. The monoisotopic (exact) mass is 608 g/mol. The fourth-order valence-corrected chi connectivity index (χ4v) is 8.13. The second-order valence-electron chi connectivity index (χ2n) is 11.4. The van der Waals surface area contributed by atoms with Crippen LogP contribution < -0.4 is 21.1 Å². The summed E-state index contributed by atoms with van der Waals surface area (Å²) < 4.78 is 19.3. The number of hydrogen-bond donors (Lipinski definition) is 1. The van der Waals surface area contributed by atoms with Crippen LogP contribution in [0.4, 0.5) is 10.8 Å². The largest absolute Gasteiger partial charge is 0.478 e. The van der Waals surface area contributed by atoms with Gasteiger partial charge in [0, 0.05) is 55.2 Å². The summed E-state index contributed by atoms with van der Waals surface area (Å²) in [5.74, 6) is 0.151. The third-order valence-corrected chi connectivity index (χ3v) is 10.2. The van der Waals surface area contributed by atoms with Crippen molar-refractivity contribution in [2.75, 3.05) is 43.5 Å². The number of nitrogens with zero attached hydrogens (tertiary/aromatic N) is 5. The van der Waals surface area contributed by atoms with Crippen molar-refractivity contribution in [2.45, 2.75) is 78.2 Å². The summed E-state index contributed by atoms with van der Waals surface area (Å²) in [6.45, 7) is 11.4. The topological polar surface area (TPSA) is 125 Å². The van der Waals surface area contributed by atoms with Crippen LogP contribution in [0.25, 0.3) is 5.69 Å². The molecule has 3 aromatic rings. The molecule has 12 heteroatoms. The molecule has 0 bridgehead atoms. The Hall–Kier alpha value is -3.48. The van der Waals surface area contributed by atoms with Gasteiger partial charge in [-0.2, -0.15) is 4.98 Å². The van der Waals surface area contributed by atoms with E-state index in [1.54, 1.807) is 23.6 Å². The lowest BCUT2D eigenvalue weighted by Crippen LogP contribution is -2.44. The molecule has 2 aliphatic heterocycles. The molecule has 6 rings (SSSR count). The summed E-state index contributed by atoms with van der Waals surface area (Å²) in [6, 6.07) is 3.78. The molecule has 2 N–H and O–H groups in total. The van der Waals surface area contributed by atoms with E-state index in [1.165, 1.54) is 9.57 Å². The molecular weight excluding hydrogens is 568 g/mol. The SMILES string of the molecule is CCOc1nc(C)cc(-n2ccc(N)nc2=O)c1CN1CCc2sc(N(CC)C3CCC4(CC3)OCCO4)c(C)c2C1=O. The average molecular weight is 609 g/mol. The van der Waals surface area contributed by atoms with Gasteiger partial charge in [-0.25, -0.2) is 9.78 Å². The van der Waals surface area contributed by atoms with E-state index in [9.17, 15) is 9.59 Å². The minimum atomic E-state index is -0.501. The molecule has 1 aliphatic carbocycles. The van der Waals surface area contributed by atoms with Gasteiger partial charge in [0.1, 0.15) is 5.82 Å². The highest BCUT2D eigenvalue weighted by Crippen LogP contribution is 2.44. The maximum atomic E-state index is 14.1. The van der Waals surface area contributed by atoms with E-state index in [4.69, 9.17) is 19.9 Å². The Balaban J connectivity index is 1.29. The maximum Gasteiger partial charge on any atom is 0.354 e. The number of aromatic nitrogens is 3. The van der Waals surface area contributed by atoms with Crippen LogP contribution in [0.3, 0.4) is 0 Å². The van der Waals surface area contributed by atoms with Gasteiger partial charge in [-0.15, -0.1) is 11.3 Å². The number of aryl methyl sites for hydroxylation is 1. The van der Waals surface area contributed by atoms with E-state index >= 15 is 0 Å². The van der Waals surface area contributed by atoms with Crippen LogP contribution in [0.15, 0.2) is 23.1 Å². The lowest BCUT2D eigenvalue weighted by Gasteiger charge is -2.41. The number of ether oxygens (including phenoxy) is 3. The van der Waals surface area contributed by atoms with Crippen molar-refractivity contribution >= 4 is 28.1 Å². The van der Waals surface area contributed by atoms with Crippen molar-refractivity contribution < 1.29 is 19.0 Å². The first-order valence-corrected chi connectivity index (χ1v) is 16.0. The van der Waals surface area contributed by atoms with Crippen LogP contribution in [0, 0.1) is 13.8 Å². The molecule has 43 heavy (non-hydrogen) atoms. The highest BCUT2D eigenvalue weighted by Gasteiger charge is 2.42. The van der Waals surface area contributed by atoms with E-state index in [1.807, 2.05) is 24.8 Å². The molecular formula is C31H40N6O5S. The van der Waals surface area contributed by atoms with Crippen molar-refractivity contribution in [1.29, 1.82) is 0 Å². The Bertz CT molecular complexity index is 1570. The predicted octanol–water partition coefficient (Wildman–Crippen LogP) is 4.00. The van der Waals surface area contributed by atoms with Gasteiger partial charge in [-0.1, -0.05) is 0 Å². The van der Waals surface area contributed by atoms with Crippen molar-refractivity contribution in [3.63, 3.8) is 0 Å². The first-order chi connectivity index (χ1) is 20.7. The molecule has 1 spiro atoms. The minimum Gasteiger partial charge on any atom is -0.478 e. The number of rotatable bonds is 8. The number of pyridine rings is 1. The van der Waals surface area contributed by atoms with Gasteiger partial charge >= 0.3 is 5.69 Å². The molecule has 230 valence electrons. The Morgan fingerprint density at radius 1 is 1.16 bits per heavy atom. The molecule has 0 unspecified atom stereocenters. The molecule has 0 radical (unpaired) electrons. The third kappa shape index (κ3) is 5.51. The maximum absolute atomic E-state index is 14.1. The Labute approximate surface area is 255 Å². The lowest BCUT2D eigenvalue weighted by molar-refractivity contribution is -0.178. The number of carbonyl (C=O) groups is 1. The molecule has 3 aliphatic rings. The Morgan fingerprint density at radius 2 is 1.91 bits per heavy atom. The van der Waals surface area contributed by atoms with Crippen LogP contribution in [0.2, 0.25) is 0 Å². The van der Waals surface area contributed by atoms with E-state index < -0.39 is 11.5 Å². The molecule has 2 fully saturated rings. The smallest absolute Gasteiger partial charge is 0.354 e. The van der Waals surface area contributed by atoms with E-state index in [0.717, 1.165) is 54.7 Å². The zero-order valence-electron chi connectivity index (χ0n) is 25.4. The summed E-state index contributed by atoms with van der Waals surface area (Å²) in [7, 11) is 0. The summed E-state index contributed by atoms with van der Waals surface area (Å²) in [4.78, 5) is 41.0. The number of anilines is 2. The Kier molecular flexibility index (Phi) is 8.18. The van der Waals surface area contributed by atoms with Crippen molar-refractivity contribution in [2.24, 2.45) is 0 Å². The van der Waals surface area contributed by atoms with E-state index in [-0.39, 0.29) is 18.3 Å². The van der Waals surface area contributed by atoms with Crippen LogP contribution >= 0.6 is 11.3 Å². The van der Waals surface area contributed by atoms with E-state index in [0.29, 0.717) is 55.2 Å². The zero-order chi connectivity index (χ0) is 30.3. The predicted molar refractivity (Wildman–Crippen MR) is 165 cm³/mol. The standard InChI is InChI=1S/C31H40N6O5S/c1-5-36(21-7-11-31(12-8-21)41-15-16-42-31)29-20(4)26-24(43-29)9-13-35(28(26)38)18-22-23(17-19(3)33-27(22)40-6-2)37-14-10-25(32)34-30(37)39/h10,14,17,21H,5-9,11-13,15-16,18H2,1-4H3,(H2,32,34,39). The lowest BCUT2D eigenvalue weighted by atomic mass is 9.89. The van der Waals surface area contributed by atoms with Crippen LogP contribution in [0.1, 0.15) is 71.6 Å². The molecule has 11 nitrogen and oxygen atoms in total. The van der Waals surface area contributed by atoms with Gasteiger partial charge < -0.3 is 29.7 Å². The summed E-state index contributed by atoms with van der Waals surface area (Å²) in [5.41, 5.74) is 9.02. The van der Waals surface area contributed by atoms with Gasteiger partial charge in [-0.05, 0) is 58.2 Å². The molecule has 5 heterocycles. The van der Waals surface area contributed by atoms with Gasteiger partial charge in [0.05, 0.1) is 48.2 Å². The number of nitrogen functional groups attached to an aromatic ring is 1. The number of nitrogens with two attached hydrogens (primary N) is 1. The second kappa shape index (κ2) is 11.9. The first-order valence-electron chi connectivity index (χ1n) is 15.2. The fraction of sp³-hybridized carbons (Fsp3) is 0.548.